The zero-order chi connectivity index (χ0) is 20.6. The van der Waals surface area contributed by atoms with Gasteiger partial charge in [0, 0.05) is 11.8 Å². The van der Waals surface area contributed by atoms with E-state index in [1.807, 2.05) is 0 Å². The van der Waals surface area contributed by atoms with Crippen LogP contribution in [0.4, 0.5) is 0 Å². The zero-order valence-corrected chi connectivity index (χ0v) is 19.8. The second kappa shape index (κ2) is 6.96. The molecule has 0 unspecified atom stereocenters. The highest BCUT2D eigenvalue weighted by Crippen LogP contribution is 2.74. The minimum absolute atomic E-state index is 0.0434. The predicted octanol–water partition coefficient (Wildman–Crippen LogP) is 6.60. The highest BCUT2D eigenvalue weighted by atomic mass is 16.6. The summed E-state index contributed by atoms with van der Waals surface area (Å²) in [5.74, 6) is 5.31. The van der Waals surface area contributed by atoms with E-state index in [0.29, 0.717) is 16.9 Å². The van der Waals surface area contributed by atoms with Crippen molar-refractivity contribution in [2.24, 2.45) is 46.3 Å². The molecule has 1 spiro atoms. The molecule has 5 fully saturated rings. The molecule has 2 heteroatoms. The summed E-state index contributed by atoms with van der Waals surface area (Å²) in [6.45, 7) is 12.6. The maximum atomic E-state index is 10.4. The second-order valence-electron chi connectivity index (χ2n) is 13.0. The van der Waals surface area contributed by atoms with Gasteiger partial charge in [0.25, 0.3) is 0 Å². The van der Waals surface area contributed by atoms with Crippen molar-refractivity contribution in [3.05, 3.63) is 0 Å². The molecule has 166 valence electrons. The van der Waals surface area contributed by atoms with E-state index in [9.17, 15) is 5.11 Å². The molecule has 0 radical (unpaired) electrons. The lowest BCUT2D eigenvalue weighted by Crippen LogP contribution is -2.58. The summed E-state index contributed by atoms with van der Waals surface area (Å²) < 4.78 is 6.51. The van der Waals surface area contributed by atoms with E-state index < -0.39 is 0 Å². The Morgan fingerprint density at radius 2 is 1.76 bits per heavy atom. The fourth-order valence-corrected chi connectivity index (χ4v) is 9.68. The van der Waals surface area contributed by atoms with Crippen LogP contribution in [0.1, 0.15) is 105 Å². The van der Waals surface area contributed by atoms with Gasteiger partial charge in [0.2, 0.25) is 0 Å². The Labute approximate surface area is 179 Å². The fourth-order valence-electron chi connectivity index (χ4n) is 9.68. The Morgan fingerprint density at radius 3 is 2.52 bits per heavy atom. The van der Waals surface area contributed by atoms with E-state index in [1.54, 1.807) is 0 Å². The molecule has 1 saturated heterocycles. The average Bonchev–Trinajstić information content (AvgIpc) is 3.22. The fraction of sp³-hybridized carbons (Fsp3) is 1.00. The van der Waals surface area contributed by atoms with Crippen LogP contribution < -0.4 is 0 Å². The monoisotopic (exact) mass is 402 g/mol. The van der Waals surface area contributed by atoms with E-state index in [-0.39, 0.29) is 11.7 Å². The van der Waals surface area contributed by atoms with Crippen LogP contribution in [0.25, 0.3) is 0 Å². The van der Waals surface area contributed by atoms with Gasteiger partial charge >= 0.3 is 0 Å². The van der Waals surface area contributed by atoms with Crippen molar-refractivity contribution in [1.82, 2.24) is 0 Å². The van der Waals surface area contributed by atoms with Gasteiger partial charge in [0.05, 0.1) is 12.2 Å². The molecule has 1 aliphatic heterocycles. The van der Waals surface area contributed by atoms with Crippen LogP contribution in [0.5, 0.6) is 0 Å². The summed E-state index contributed by atoms with van der Waals surface area (Å²) in [6, 6.07) is 0. The molecule has 4 saturated carbocycles. The van der Waals surface area contributed by atoms with E-state index >= 15 is 0 Å². The van der Waals surface area contributed by atoms with E-state index in [0.717, 1.165) is 48.3 Å². The predicted molar refractivity (Wildman–Crippen MR) is 119 cm³/mol. The highest BCUT2D eigenvalue weighted by molar-refractivity contribution is 5.24. The molecule has 10 atom stereocenters. The second-order valence-corrected chi connectivity index (χ2v) is 13.0. The number of fused-ring (bicyclic) bond motifs is 4. The topological polar surface area (TPSA) is 32.8 Å². The summed E-state index contributed by atoms with van der Waals surface area (Å²) in [6.07, 6.45) is 14.8. The van der Waals surface area contributed by atoms with Crippen LogP contribution in [0.2, 0.25) is 0 Å². The first-order valence-corrected chi connectivity index (χ1v) is 13.1. The van der Waals surface area contributed by atoms with Crippen LogP contribution in [0.15, 0.2) is 0 Å². The Balaban J connectivity index is 1.33. The van der Waals surface area contributed by atoms with E-state index in [1.165, 1.54) is 57.8 Å². The number of aliphatic hydroxyl groups is 1. The normalized spacial score (nSPS) is 54.3. The van der Waals surface area contributed by atoms with Gasteiger partial charge in [-0.05, 0) is 85.9 Å². The molecule has 0 aromatic carbocycles. The molecule has 5 rings (SSSR count). The van der Waals surface area contributed by atoms with Gasteiger partial charge in [-0.1, -0.05) is 53.9 Å². The van der Waals surface area contributed by atoms with Gasteiger partial charge in [-0.25, -0.2) is 0 Å². The first-order valence-electron chi connectivity index (χ1n) is 13.1. The average molecular weight is 403 g/mol. The van der Waals surface area contributed by atoms with Gasteiger partial charge in [-0.2, -0.15) is 0 Å². The Morgan fingerprint density at radius 1 is 0.966 bits per heavy atom. The lowest BCUT2D eigenvalue weighted by molar-refractivity contribution is -0.116. The van der Waals surface area contributed by atoms with Crippen molar-refractivity contribution < 1.29 is 9.84 Å². The maximum Gasteiger partial charge on any atom is 0.103 e. The molecule has 0 aromatic heterocycles. The molecule has 4 aliphatic carbocycles. The molecule has 29 heavy (non-hydrogen) atoms. The summed E-state index contributed by atoms with van der Waals surface area (Å²) in [5.41, 5.74) is 0.932. The molecular formula is C27H46O2. The molecule has 0 amide bonds. The third-order valence-corrected chi connectivity index (χ3v) is 11.3. The van der Waals surface area contributed by atoms with Crippen LogP contribution >= 0.6 is 0 Å². The third-order valence-electron chi connectivity index (χ3n) is 11.3. The molecule has 5 aliphatic rings. The molecule has 2 nitrogen and oxygen atoms in total. The largest absolute Gasteiger partial charge is 0.393 e. The number of aliphatic hydroxyl groups excluding tert-OH is 1. The number of hydrogen-bond acceptors (Lipinski definition) is 2. The molecular weight excluding hydrogens is 356 g/mol. The minimum Gasteiger partial charge on any atom is -0.393 e. The van der Waals surface area contributed by atoms with Gasteiger partial charge in [-0.3, -0.25) is 0 Å². The SMILES string of the molecule is CC(C)CCC[C@@H](C)[C@@H]1CC[C@@H]2[C@H]3C[C@@H]4O[C@@]45C[C@@H](O)CC[C@]5(C)[C@@H]3CC[C@]21C. The van der Waals surface area contributed by atoms with E-state index in [4.69, 9.17) is 4.74 Å². The van der Waals surface area contributed by atoms with Gasteiger partial charge < -0.3 is 9.84 Å². The number of epoxide rings is 1. The summed E-state index contributed by atoms with van der Waals surface area (Å²) in [5, 5.41) is 10.4. The molecule has 1 heterocycles. The van der Waals surface area contributed by atoms with Crippen molar-refractivity contribution in [2.45, 2.75) is 123 Å². The minimum atomic E-state index is -0.124. The lowest BCUT2D eigenvalue weighted by Gasteiger charge is -2.59. The Bertz CT molecular complexity index is 630. The quantitative estimate of drug-likeness (QED) is 0.525. The van der Waals surface area contributed by atoms with Crippen molar-refractivity contribution in [1.29, 1.82) is 0 Å². The van der Waals surface area contributed by atoms with Crippen molar-refractivity contribution >= 4 is 0 Å². The summed E-state index contributed by atoms with van der Waals surface area (Å²) >= 11 is 0. The van der Waals surface area contributed by atoms with Gasteiger partial charge in [0.1, 0.15) is 5.60 Å². The van der Waals surface area contributed by atoms with Crippen LogP contribution in [0, 0.1) is 46.3 Å². The van der Waals surface area contributed by atoms with Crippen molar-refractivity contribution in [3.8, 4) is 0 Å². The van der Waals surface area contributed by atoms with Crippen LogP contribution in [-0.4, -0.2) is 22.9 Å². The maximum absolute atomic E-state index is 10.4. The van der Waals surface area contributed by atoms with Crippen molar-refractivity contribution in [2.75, 3.05) is 0 Å². The first-order chi connectivity index (χ1) is 13.7. The zero-order valence-electron chi connectivity index (χ0n) is 19.8. The number of ether oxygens (including phenoxy) is 1. The number of rotatable bonds is 5. The van der Waals surface area contributed by atoms with Crippen LogP contribution in [-0.2, 0) is 4.74 Å². The molecule has 1 N–H and O–H groups in total. The van der Waals surface area contributed by atoms with Crippen molar-refractivity contribution in [3.63, 3.8) is 0 Å². The molecule has 0 bridgehead atoms. The van der Waals surface area contributed by atoms with E-state index in [2.05, 4.69) is 34.6 Å². The Kier molecular flexibility index (Phi) is 4.99. The summed E-state index contributed by atoms with van der Waals surface area (Å²) in [7, 11) is 0. The van der Waals surface area contributed by atoms with Gasteiger partial charge in [0.15, 0.2) is 0 Å². The Hall–Kier alpha value is -0.0800. The first kappa shape index (κ1) is 20.8. The lowest BCUT2D eigenvalue weighted by atomic mass is 9.44. The van der Waals surface area contributed by atoms with Crippen LogP contribution in [0.3, 0.4) is 0 Å². The smallest absolute Gasteiger partial charge is 0.103 e. The standard InChI is InChI=1S/C27H46O2/c1-17(2)7-6-8-18(3)21-9-10-22-20-15-24-27(29-24)16-19(28)11-14-26(27,5)23(20)12-13-25(21,22)4/h17-24,28H,6-16H2,1-5H3/t18-,19+,20-,21+,22-,23-,24+,25+,26-,27+/m1/s1. The summed E-state index contributed by atoms with van der Waals surface area (Å²) in [4.78, 5) is 0. The molecule has 0 aromatic rings. The highest BCUT2D eigenvalue weighted by Gasteiger charge is 2.76. The van der Waals surface area contributed by atoms with Gasteiger partial charge in [-0.15, -0.1) is 0 Å². The third kappa shape index (κ3) is 2.94. The number of hydrogen-bond donors (Lipinski definition) is 1.